The van der Waals surface area contributed by atoms with Gasteiger partial charge in [0.05, 0.1) is 4.92 Å². The van der Waals surface area contributed by atoms with Crippen LogP contribution in [0.4, 0.5) is 17.1 Å². The molecule has 1 heterocycles. The molecule has 0 fully saturated rings. The summed E-state index contributed by atoms with van der Waals surface area (Å²) in [7, 11) is 0. The van der Waals surface area contributed by atoms with Gasteiger partial charge in [0.15, 0.2) is 0 Å². The summed E-state index contributed by atoms with van der Waals surface area (Å²) in [5.41, 5.74) is 8.64. The molecular weight excluding hydrogens is 244 g/mol. The fraction of sp³-hybridized carbons (Fsp3) is 0.154. The molecule has 0 saturated heterocycles. The molecule has 6 heteroatoms. The van der Waals surface area contributed by atoms with E-state index in [-0.39, 0.29) is 11.4 Å². The van der Waals surface area contributed by atoms with Crippen LogP contribution in [-0.2, 0) is 6.54 Å². The topological polar surface area (TPSA) is 94.1 Å². The lowest BCUT2D eigenvalue weighted by Gasteiger charge is -2.09. The van der Waals surface area contributed by atoms with Crippen LogP contribution in [0.15, 0.2) is 36.7 Å². The molecule has 2 aromatic rings. The summed E-state index contributed by atoms with van der Waals surface area (Å²) < 4.78 is 0. The molecule has 0 saturated carbocycles. The Balaban J connectivity index is 2.11. The summed E-state index contributed by atoms with van der Waals surface area (Å²) in [4.78, 5) is 14.2. The van der Waals surface area contributed by atoms with Gasteiger partial charge in [-0.3, -0.25) is 15.1 Å². The van der Waals surface area contributed by atoms with Crippen molar-refractivity contribution in [2.24, 2.45) is 0 Å². The van der Waals surface area contributed by atoms with E-state index in [2.05, 4.69) is 10.3 Å². The maximum atomic E-state index is 10.7. The molecule has 0 aliphatic carbocycles. The van der Waals surface area contributed by atoms with E-state index in [0.29, 0.717) is 6.54 Å². The molecule has 3 N–H and O–H groups in total. The smallest absolute Gasteiger partial charge is 0.292 e. The third-order valence-corrected chi connectivity index (χ3v) is 2.85. The molecule has 2 rings (SSSR count). The van der Waals surface area contributed by atoms with Gasteiger partial charge in [-0.25, -0.2) is 0 Å². The molecule has 19 heavy (non-hydrogen) atoms. The summed E-state index contributed by atoms with van der Waals surface area (Å²) in [6.45, 7) is 2.60. The van der Waals surface area contributed by atoms with Crippen LogP contribution in [-0.4, -0.2) is 9.91 Å². The summed E-state index contributed by atoms with van der Waals surface area (Å²) in [6.07, 6.45) is 3.53. The maximum Gasteiger partial charge on any atom is 0.292 e. The van der Waals surface area contributed by atoms with E-state index >= 15 is 0 Å². The Bertz CT molecular complexity index is 613. The van der Waals surface area contributed by atoms with Crippen LogP contribution >= 0.6 is 0 Å². The van der Waals surface area contributed by atoms with Crippen LogP contribution in [0.1, 0.15) is 11.1 Å². The lowest BCUT2D eigenvalue weighted by atomic mass is 10.1. The van der Waals surface area contributed by atoms with Crippen molar-refractivity contribution in [3.05, 3.63) is 57.9 Å². The van der Waals surface area contributed by atoms with Crippen molar-refractivity contribution in [1.82, 2.24) is 4.98 Å². The summed E-state index contributed by atoms with van der Waals surface area (Å²) >= 11 is 0. The fourth-order valence-electron chi connectivity index (χ4n) is 1.71. The summed E-state index contributed by atoms with van der Waals surface area (Å²) in [6, 6.07) is 6.53. The van der Waals surface area contributed by atoms with Gasteiger partial charge >= 0.3 is 0 Å². The zero-order chi connectivity index (χ0) is 13.8. The molecule has 0 aliphatic heterocycles. The monoisotopic (exact) mass is 258 g/mol. The second kappa shape index (κ2) is 5.34. The Kier molecular flexibility index (Phi) is 3.61. The molecule has 0 atom stereocenters. The molecule has 0 amide bonds. The normalized spacial score (nSPS) is 10.2. The Morgan fingerprint density at radius 1 is 1.42 bits per heavy atom. The molecular formula is C13H14N4O2. The number of nitrogen functional groups attached to an aromatic ring is 1. The van der Waals surface area contributed by atoms with Gasteiger partial charge in [-0.15, -0.1) is 0 Å². The van der Waals surface area contributed by atoms with E-state index in [4.69, 9.17) is 5.73 Å². The largest absolute Gasteiger partial charge is 0.393 e. The van der Waals surface area contributed by atoms with E-state index in [9.17, 15) is 10.1 Å². The van der Waals surface area contributed by atoms with Gasteiger partial charge in [-0.1, -0.05) is 0 Å². The molecule has 1 aromatic carbocycles. The van der Waals surface area contributed by atoms with Crippen molar-refractivity contribution in [2.45, 2.75) is 13.5 Å². The summed E-state index contributed by atoms with van der Waals surface area (Å²) in [5.74, 6) is 0. The second-order valence-corrected chi connectivity index (χ2v) is 4.19. The molecule has 0 unspecified atom stereocenters. The Morgan fingerprint density at radius 3 is 2.84 bits per heavy atom. The maximum absolute atomic E-state index is 10.7. The van der Waals surface area contributed by atoms with E-state index in [1.54, 1.807) is 24.5 Å². The van der Waals surface area contributed by atoms with E-state index < -0.39 is 4.92 Å². The Hall–Kier alpha value is -2.63. The average molecular weight is 258 g/mol. The van der Waals surface area contributed by atoms with Crippen LogP contribution in [0.3, 0.4) is 0 Å². The van der Waals surface area contributed by atoms with Gasteiger partial charge in [-0.05, 0) is 36.2 Å². The van der Waals surface area contributed by atoms with Crippen molar-refractivity contribution in [2.75, 3.05) is 11.1 Å². The highest BCUT2D eigenvalue weighted by Crippen LogP contribution is 2.25. The number of anilines is 2. The minimum atomic E-state index is -0.496. The lowest BCUT2D eigenvalue weighted by molar-refractivity contribution is -0.383. The van der Waals surface area contributed by atoms with Gasteiger partial charge in [0.1, 0.15) is 5.69 Å². The van der Waals surface area contributed by atoms with Crippen LogP contribution < -0.4 is 11.1 Å². The third-order valence-electron chi connectivity index (χ3n) is 2.85. The predicted molar refractivity (Wildman–Crippen MR) is 73.8 cm³/mol. The van der Waals surface area contributed by atoms with Crippen LogP contribution in [0, 0.1) is 17.0 Å². The Labute approximate surface area is 110 Å². The molecule has 6 nitrogen and oxygen atoms in total. The van der Waals surface area contributed by atoms with Gasteiger partial charge in [0, 0.05) is 30.7 Å². The number of rotatable bonds is 4. The number of benzene rings is 1. The first-order valence-electron chi connectivity index (χ1n) is 5.75. The minimum Gasteiger partial charge on any atom is -0.393 e. The van der Waals surface area contributed by atoms with Crippen molar-refractivity contribution >= 4 is 17.1 Å². The predicted octanol–water partition coefficient (Wildman–Crippen LogP) is 2.49. The number of hydrogen-bond acceptors (Lipinski definition) is 5. The molecule has 0 bridgehead atoms. The van der Waals surface area contributed by atoms with Crippen molar-refractivity contribution in [3.63, 3.8) is 0 Å². The van der Waals surface area contributed by atoms with Crippen LogP contribution in [0.2, 0.25) is 0 Å². The quantitative estimate of drug-likeness (QED) is 0.499. The average Bonchev–Trinajstić information content (AvgIpc) is 2.37. The molecule has 0 radical (unpaired) electrons. The molecule has 0 spiro atoms. The van der Waals surface area contributed by atoms with Gasteiger partial charge < -0.3 is 11.1 Å². The number of nitrogens with zero attached hydrogens (tertiary/aromatic N) is 2. The molecule has 1 aromatic heterocycles. The highest BCUT2D eigenvalue weighted by atomic mass is 16.6. The third kappa shape index (κ3) is 2.98. The van der Waals surface area contributed by atoms with Gasteiger partial charge in [0.2, 0.25) is 0 Å². The highest BCUT2D eigenvalue weighted by molar-refractivity contribution is 5.65. The fourth-order valence-corrected chi connectivity index (χ4v) is 1.71. The molecule has 0 aliphatic rings. The lowest BCUT2D eigenvalue weighted by Crippen LogP contribution is -2.03. The van der Waals surface area contributed by atoms with Crippen LogP contribution in [0.25, 0.3) is 0 Å². The number of aryl methyl sites for hydroxylation is 1. The number of aromatic nitrogens is 1. The van der Waals surface area contributed by atoms with E-state index in [1.807, 2.05) is 13.0 Å². The van der Waals surface area contributed by atoms with E-state index in [0.717, 1.165) is 16.8 Å². The number of hydrogen-bond donors (Lipinski definition) is 2. The first kappa shape index (κ1) is 12.8. The van der Waals surface area contributed by atoms with Gasteiger partial charge in [0.25, 0.3) is 5.69 Å². The molecule has 98 valence electrons. The van der Waals surface area contributed by atoms with Crippen molar-refractivity contribution in [3.8, 4) is 0 Å². The Morgan fingerprint density at radius 2 is 2.21 bits per heavy atom. The minimum absolute atomic E-state index is 0.0805. The second-order valence-electron chi connectivity index (χ2n) is 4.19. The number of pyridine rings is 1. The highest BCUT2D eigenvalue weighted by Gasteiger charge is 2.10. The number of nitro groups is 1. The SMILES string of the molecule is Cc1ccncc1CNc1ccc([N+](=O)[O-])c(N)c1. The first-order chi connectivity index (χ1) is 9.08. The van der Waals surface area contributed by atoms with E-state index in [1.165, 1.54) is 6.07 Å². The van der Waals surface area contributed by atoms with Crippen molar-refractivity contribution < 1.29 is 4.92 Å². The number of nitrogens with two attached hydrogens (primary N) is 1. The summed E-state index contributed by atoms with van der Waals surface area (Å²) in [5, 5.41) is 13.8. The number of nitrogens with one attached hydrogen (secondary N) is 1. The standard InChI is InChI=1S/C13H14N4O2/c1-9-4-5-15-7-10(9)8-16-11-2-3-13(17(18)19)12(14)6-11/h2-7,16H,8,14H2,1H3. The zero-order valence-corrected chi connectivity index (χ0v) is 10.5. The number of nitro benzene ring substituents is 1. The van der Waals surface area contributed by atoms with Gasteiger partial charge in [-0.2, -0.15) is 0 Å². The zero-order valence-electron chi connectivity index (χ0n) is 10.5. The van der Waals surface area contributed by atoms with Crippen LogP contribution in [0.5, 0.6) is 0 Å². The van der Waals surface area contributed by atoms with Crippen molar-refractivity contribution in [1.29, 1.82) is 0 Å². The first-order valence-corrected chi connectivity index (χ1v) is 5.75.